The van der Waals surface area contributed by atoms with E-state index in [1.165, 1.54) is 5.56 Å². The Morgan fingerprint density at radius 1 is 1.17 bits per heavy atom. The molecule has 2 aromatic rings. The second-order valence-corrected chi connectivity index (χ2v) is 6.16. The van der Waals surface area contributed by atoms with Gasteiger partial charge in [0, 0.05) is 5.56 Å². The van der Waals surface area contributed by atoms with Gasteiger partial charge in [-0.3, -0.25) is 4.79 Å². The highest BCUT2D eigenvalue weighted by atomic mass is 16.5. The zero-order valence-electron chi connectivity index (χ0n) is 14.1. The summed E-state index contributed by atoms with van der Waals surface area (Å²) in [4.78, 5) is 12.0. The lowest BCUT2D eigenvalue weighted by atomic mass is 9.90. The van der Waals surface area contributed by atoms with Gasteiger partial charge in [-0.1, -0.05) is 36.4 Å². The Kier molecular flexibility index (Phi) is 4.94. The summed E-state index contributed by atoms with van der Waals surface area (Å²) in [6, 6.07) is 14.2. The van der Waals surface area contributed by atoms with E-state index in [2.05, 4.69) is 22.7 Å². The number of fused-ring (bicyclic) bond motifs is 1. The van der Waals surface area contributed by atoms with Gasteiger partial charge in [-0.2, -0.15) is 5.10 Å². The lowest BCUT2D eigenvalue weighted by Crippen LogP contribution is -2.27. The minimum atomic E-state index is -0.244. The lowest BCUT2D eigenvalue weighted by molar-refractivity contribution is -0.123. The summed E-state index contributed by atoms with van der Waals surface area (Å²) in [6.45, 7) is 3.92. The lowest BCUT2D eigenvalue weighted by Gasteiger charge is -2.17. The van der Waals surface area contributed by atoms with Crippen LogP contribution in [0.5, 0.6) is 5.75 Å². The van der Waals surface area contributed by atoms with Gasteiger partial charge in [0.1, 0.15) is 5.75 Å². The van der Waals surface area contributed by atoms with Gasteiger partial charge >= 0.3 is 0 Å². The predicted molar refractivity (Wildman–Crippen MR) is 95.5 cm³/mol. The van der Waals surface area contributed by atoms with Crippen LogP contribution in [0.25, 0.3) is 0 Å². The van der Waals surface area contributed by atoms with Gasteiger partial charge in [0.25, 0.3) is 5.91 Å². The molecule has 0 radical (unpaired) electrons. The molecule has 124 valence electrons. The van der Waals surface area contributed by atoms with Crippen LogP contribution in [0.1, 0.15) is 35.1 Å². The van der Waals surface area contributed by atoms with Crippen molar-refractivity contribution in [2.24, 2.45) is 5.10 Å². The van der Waals surface area contributed by atoms with Crippen LogP contribution in [0.15, 0.2) is 47.6 Å². The van der Waals surface area contributed by atoms with Gasteiger partial charge in [-0.05, 0) is 55.9 Å². The molecule has 3 rings (SSSR count). The number of carbonyl (C=O) groups is 1. The van der Waals surface area contributed by atoms with Crippen molar-refractivity contribution in [3.8, 4) is 5.75 Å². The van der Waals surface area contributed by atoms with Crippen molar-refractivity contribution in [2.75, 3.05) is 6.61 Å². The summed E-state index contributed by atoms with van der Waals surface area (Å²) in [5, 5.41) is 4.31. The molecular weight excluding hydrogens is 300 g/mol. The van der Waals surface area contributed by atoms with Gasteiger partial charge < -0.3 is 4.74 Å². The fourth-order valence-corrected chi connectivity index (χ4v) is 2.89. The van der Waals surface area contributed by atoms with E-state index in [0.717, 1.165) is 47.4 Å². The molecule has 1 aliphatic rings. The molecule has 0 aromatic heterocycles. The standard InChI is InChI=1S/C20H22N2O2/c1-14-10-11-15(2)19(12-14)24-13-20(23)22-21-18-9-5-7-16-6-3-4-8-17(16)18/h3-4,6,8,10-12H,5,7,9,13H2,1-2H3,(H,22,23). The number of hydrogen-bond donors (Lipinski definition) is 1. The highest BCUT2D eigenvalue weighted by Crippen LogP contribution is 2.21. The minimum Gasteiger partial charge on any atom is -0.483 e. The van der Waals surface area contributed by atoms with Crippen LogP contribution in [-0.4, -0.2) is 18.2 Å². The molecule has 0 heterocycles. The highest BCUT2D eigenvalue weighted by molar-refractivity contribution is 6.03. The number of nitrogens with one attached hydrogen (secondary N) is 1. The SMILES string of the molecule is Cc1ccc(C)c(OCC(=O)NN=C2CCCc3ccccc32)c1. The van der Waals surface area contributed by atoms with Gasteiger partial charge in [-0.25, -0.2) is 5.43 Å². The molecule has 0 saturated carbocycles. The normalized spacial score (nSPS) is 15.0. The van der Waals surface area contributed by atoms with Crippen LogP contribution in [0.2, 0.25) is 0 Å². The van der Waals surface area contributed by atoms with Crippen molar-refractivity contribution in [2.45, 2.75) is 33.1 Å². The third-order valence-electron chi connectivity index (χ3n) is 4.21. The molecule has 0 saturated heterocycles. The van der Waals surface area contributed by atoms with E-state index < -0.39 is 0 Å². The molecule has 2 aromatic carbocycles. The molecule has 1 aliphatic carbocycles. The molecule has 0 bridgehead atoms. The van der Waals surface area contributed by atoms with Crippen molar-refractivity contribution < 1.29 is 9.53 Å². The number of rotatable bonds is 4. The quantitative estimate of drug-likeness (QED) is 0.875. The zero-order valence-corrected chi connectivity index (χ0v) is 14.1. The average Bonchev–Trinajstić information content (AvgIpc) is 2.60. The van der Waals surface area contributed by atoms with Crippen LogP contribution in [0.3, 0.4) is 0 Å². The summed E-state index contributed by atoms with van der Waals surface area (Å²) in [5.74, 6) is 0.493. The third-order valence-corrected chi connectivity index (χ3v) is 4.21. The van der Waals surface area contributed by atoms with Gasteiger partial charge in [0.05, 0.1) is 5.71 Å². The second kappa shape index (κ2) is 7.30. The smallest absolute Gasteiger partial charge is 0.277 e. The number of hydrazone groups is 1. The molecule has 1 amide bonds. The number of carbonyl (C=O) groups excluding carboxylic acids is 1. The molecule has 0 fully saturated rings. The number of amides is 1. The first-order valence-electron chi connectivity index (χ1n) is 8.27. The molecule has 4 nitrogen and oxygen atoms in total. The van der Waals surface area contributed by atoms with E-state index in [1.54, 1.807) is 0 Å². The van der Waals surface area contributed by atoms with E-state index in [9.17, 15) is 4.79 Å². The summed E-state index contributed by atoms with van der Waals surface area (Å²) < 4.78 is 5.61. The topological polar surface area (TPSA) is 50.7 Å². The highest BCUT2D eigenvalue weighted by Gasteiger charge is 2.15. The van der Waals surface area contributed by atoms with E-state index in [-0.39, 0.29) is 12.5 Å². The van der Waals surface area contributed by atoms with Crippen LogP contribution in [-0.2, 0) is 11.2 Å². The Morgan fingerprint density at radius 3 is 2.88 bits per heavy atom. The average molecular weight is 322 g/mol. The summed E-state index contributed by atoms with van der Waals surface area (Å²) >= 11 is 0. The predicted octanol–water partition coefficient (Wildman–Crippen LogP) is 3.54. The van der Waals surface area contributed by atoms with Crippen molar-refractivity contribution >= 4 is 11.6 Å². The fraction of sp³-hybridized carbons (Fsp3) is 0.300. The van der Waals surface area contributed by atoms with Crippen LogP contribution in [0.4, 0.5) is 0 Å². The first-order chi connectivity index (χ1) is 11.6. The Balaban J connectivity index is 1.61. The summed E-state index contributed by atoms with van der Waals surface area (Å²) in [5.41, 5.74) is 8.12. The number of nitrogens with zero attached hydrogens (tertiary/aromatic N) is 1. The van der Waals surface area contributed by atoms with Crippen LogP contribution in [0, 0.1) is 13.8 Å². The van der Waals surface area contributed by atoms with E-state index >= 15 is 0 Å². The number of ether oxygens (including phenoxy) is 1. The Labute approximate surface area is 142 Å². The maximum absolute atomic E-state index is 12.0. The summed E-state index contributed by atoms with van der Waals surface area (Å²) in [6.07, 6.45) is 3.01. The van der Waals surface area contributed by atoms with E-state index in [4.69, 9.17) is 4.74 Å². The number of benzene rings is 2. The molecule has 0 atom stereocenters. The molecule has 4 heteroatoms. The zero-order chi connectivity index (χ0) is 16.9. The molecule has 0 spiro atoms. The van der Waals surface area contributed by atoms with E-state index in [1.807, 2.05) is 44.2 Å². The fourth-order valence-electron chi connectivity index (χ4n) is 2.89. The minimum absolute atomic E-state index is 0.0390. The molecule has 1 N–H and O–H groups in total. The third kappa shape index (κ3) is 3.82. The van der Waals surface area contributed by atoms with Crippen LogP contribution < -0.4 is 10.2 Å². The van der Waals surface area contributed by atoms with Crippen LogP contribution >= 0.6 is 0 Å². The van der Waals surface area contributed by atoms with Gasteiger partial charge in [0.15, 0.2) is 6.61 Å². The molecule has 0 aliphatic heterocycles. The number of aryl methyl sites for hydroxylation is 3. The second-order valence-electron chi connectivity index (χ2n) is 6.16. The Bertz CT molecular complexity index is 781. The molecule has 24 heavy (non-hydrogen) atoms. The van der Waals surface area contributed by atoms with Gasteiger partial charge in [-0.15, -0.1) is 0 Å². The Hall–Kier alpha value is -2.62. The maximum atomic E-state index is 12.0. The van der Waals surface area contributed by atoms with Gasteiger partial charge in [0.2, 0.25) is 0 Å². The first-order valence-corrected chi connectivity index (χ1v) is 8.27. The maximum Gasteiger partial charge on any atom is 0.277 e. The molecular formula is C20H22N2O2. The largest absolute Gasteiger partial charge is 0.483 e. The first kappa shape index (κ1) is 16.2. The van der Waals surface area contributed by atoms with Crippen molar-refractivity contribution in [3.05, 3.63) is 64.7 Å². The van der Waals surface area contributed by atoms with Crippen molar-refractivity contribution in [1.82, 2.24) is 5.43 Å². The van der Waals surface area contributed by atoms with E-state index in [0.29, 0.717) is 0 Å². The van der Waals surface area contributed by atoms with Crippen molar-refractivity contribution in [1.29, 1.82) is 0 Å². The monoisotopic (exact) mass is 322 g/mol. The summed E-state index contributed by atoms with van der Waals surface area (Å²) in [7, 11) is 0. The molecule has 0 unspecified atom stereocenters. The Morgan fingerprint density at radius 2 is 2.00 bits per heavy atom. The van der Waals surface area contributed by atoms with Crippen molar-refractivity contribution in [3.63, 3.8) is 0 Å². The number of hydrogen-bond acceptors (Lipinski definition) is 3.